The molecule has 0 bridgehead atoms. The van der Waals surface area contributed by atoms with Crippen molar-refractivity contribution in [1.82, 2.24) is 0 Å². The first-order valence-corrected chi connectivity index (χ1v) is 5.89. The van der Waals surface area contributed by atoms with Gasteiger partial charge in [0.2, 0.25) is 0 Å². The zero-order valence-electron chi connectivity index (χ0n) is 10.9. The highest BCUT2D eigenvalue weighted by Gasteiger charge is 2.17. The highest BCUT2D eigenvalue weighted by Crippen LogP contribution is 2.19. The molecule has 2 N–H and O–H groups in total. The molecule has 0 radical (unpaired) electrons. The fourth-order valence-electron chi connectivity index (χ4n) is 1.79. The van der Waals surface area contributed by atoms with Crippen molar-refractivity contribution >= 4 is 17.3 Å². The number of amides is 1. The van der Waals surface area contributed by atoms with Crippen molar-refractivity contribution in [3.05, 3.63) is 59.4 Å². The zero-order chi connectivity index (χ0) is 14.0. The van der Waals surface area contributed by atoms with Gasteiger partial charge in [-0.1, -0.05) is 6.07 Å². The molecule has 0 unspecified atom stereocenters. The van der Waals surface area contributed by atoms with Gasteiger partial charge in [-0.2, -0.15) is 0 Å². The molecule has 0 spiro atoms. The molecule has 0 saturated heterocycles. The first kappa shape index (κ1) is 13.1. The monoisotopic (exact) mass is 258 g/mol. The number of anilines is 2. The number of nitrogens with two attached hydrogens (primary N) is 1. The van der Waals surface area contributed by atoms with Gasteiger partial charge < -0.3 is 10.6 Å². The first-order chi connectivity index (χ1) is 8.99. The predicted molar refractivity (Wildman–Crippen MR) is 74.7 cm³/mol. The number of nitrogen functional groups attached to an aromatic ring is 1. The Hall–Kier alpha value is -2.36. The average molecular weight is 258 g/mol. The molecular weight excluding hydrogens is 243 g/mol. The van der Waals surface area contributed by atoms with Crippen LogP contribution in [0.1, 0.15) is 15.9 Å². The molecule has 2 aromatic rings. The van der Waals surface area contributed by atoms with E-state index in [2.05, 4.69) is 0 Å². The lowest BCUT2D eigenvalue weighted by Crippen LogP contribution is -2.27. The van der Waals surface area contributed by atoms with Crippen LogP contribution in [-0.4, -0.2) is 13.0 Å². The largest absolute Gasteiger partial charge is 0.399 e. The lowest BCUT2D eigenvalue weighted by atomic mass is 10.1. The van der Waals surface area contributed by atoms with Crippen molar-refractivity contribution < 1.29 is 9.18 Å². The van der Waals surface area contributed by atoms with Crippen LogP contribution in [0.25, 0.3) is 0 Å². The summed E-state index contributed by atoms with van der Waals surface area (Å²) in [6.07, 6.45) is 0. The number of carbonyl (C=O) groups is 1. The summed E-state index contributed by atoms with van der Waals surface area (Å²) in [5.74, 6) is -0.894. The number of benzene rings is 2. The lowest BCUT2D eigenvalue weighted by Gasteiger charge is -2.18. The standard InChI is InChI=1S/C15H15FN2O/c1-10-3-8-13(14(16)9-10)15(19)18(2)12-6-4-11(17)5-7-12/h3-9H,17H2,1-2H3. The summed E-state index contributed by atoms with van der Waals surface area (Å²) < 4.78 is 13.8. The highest BCUT2D eigenvalue weighted by atomic mass is 19.1. The van der Waals surface area contributed by atoms with E-state index < -0.39 is 5.82 Å². The summed E-state index contributed by atoms with van der Waals surface area (Å²) in [6.45, 7) is 1.78. The van der Waals surface area contributed by atoms with Gasteiger partial charge in [0.15, 0.2) is 0 Å². The summed E-state index contributed by atoms with van der Waals surface area (Å²) in [4.78, 5) is 13.6. The van der Waals surface area contributed by atoms with Crippen LogP contribution in [0.15, 0.2) is 42.5 Å². The second-order valence-corrected chi connectivity index (χ2v) is 4.44. The van der Waals surface area contributed by atoms with E-state index in [-0.39, 0.29) is 11.5 Å². The topological polar surface area (TPSA) is 46.3 Å². The Bertz CT molecular complexity index is 608. The number of nitrogens with zero attached hydrogens (tertiary/aromatic N) is 1. The van der Waals surface area contributed by atoms with E-state index in [0.29, 0.717) is 11.4 Å². The number of aryl methyl sites for hydroxylation is 1. The molecule has 0 aliphatic heterocycles. The summed E-state index contributed by atoms with van der Waals surface area (Å²) in [5, 5.41) is 0. The third-order valence-corrected chi connectivity index (χ3v) is 2.94. The zero-order valence-corrected chi connectivity index (χ0v) is 10.9. The fourth-order valence-corrected chi connectivity index (χ4v) is 1.79. The van der Waals surface area contributed by atoms with Crippen molar-refractivity contribution in [3.63, 3.8) is 0 Å². The molecule has 0 aliphatic carbocycles. The van der Waals surface area contributed by atoms with Crippen LogP contribution in [0.3, 0.4) is 0 Å². The maximum atomic E-state index is 13.8. The quantitative estimate of drug-likeness (QED) is 0.842. The molecule has 2 aromatic carbocycles. The third-order valence-electron chi connectivity index (χ3n) is 2.94. The molecule has 0 aliphatic rings. The van der Waals surface area contributed by atoms with E-state index in [1.165, 1.54) is 17.0 Å². The minimum absolute atomic E-state index is 0.0601. The summed E-state index contributed by atoms with van der Waals surface area (Å²) in [7, 11) is 1.60. The van der Waals surface area contributed by atoms with E-state index in [0.717, 1.165) is 5.56 Å². The number of hydrogen-bond donors (Lipinski definition) is 1. The molecule has 1 amide bonds. The van der Waals surface area contributed by atoms with Gasteiger partial charge >= 0.3 is 0 Å². The van der Waals surface area contributed by atoms with E-state index in [4.69, 9.17) is 5.73 Å². The Kier molecular flexibility index (Phi) is 3.51. The highest BCUT2D eigenvalue weighted by molar-refractivity contribution is 6.06. The van der Waals surface area contributed by atoms with Crippen LogP contribution >= 0.6 is 0 Å². The normalized spacial score (nSPS) is 10.3. The van der Waals surface area contributed by atoms with Gasteiger partial charge in [0.1, 0.15) is 5.82 Å². The lowest BCUT2D eigenvalue weighted by molar-refractivity contribution is 0.0989. The maximum Gasteiger partial charge on any atom is 0.260 e. The van der Waals surface area contributed by atoms with Crippen LogP contribution in [-0.2, 0) is 0 Å². The Balaban J connectivity index is 2.30. The second-order valence-electron chi connectivity index (χ2n) is 4.44. The van der Waals surface area contributed by atoms with Gasteiger partial charge in [-0.3, -0.25) is 4.79 Å². The van der Waals surface area contributed by atoms with E-state index in [1.807, 2.05) is 0 Å². The average Bonchev–Trinajstić information content (AvgIpc) is 2.38. The van der Waals surface area contributed by atoms with Crippen molar-refractivity contribution in [3.8, 4) is 0 Å². The minimum Gasteiger partial charge on any atom is -0.399 e. The van der Waals surface area contributed by atoms with E-state index >= 15 is 0 Å². The fraction of sp³-hybridized carbons (Fsp3) is 0.133. The third kappa shape index (κ3) is 2.73. The molecule has 0 heterocycles. The summed E-state index contributed by atoms with van der Waals surface area (Å²) >= 11 is 0. The second kappa shape index (κ2) is 5.10. The minimum atomic E-state index is -0.507. The SMILES string of the molecule is Cc1ccc(C(=O)N(C)c2ccc(N)cc2)c(F)c1. The number of hydrogen-bond acceptors (Lipinski definition) is 2. The van der Waals surface area contributed by atoms with Crippen LogP contribution in [0.5, 0.6) is 0 Å². The number of halogens is 1. The Morgan fingerprint density at radius 3 is 2.37 bits per heavy atom. The Morgan fingerprint density at radius 2 is 1.79 bits per heavy atom. The van der Waals surface area contributed by atoms with Gasteiger partial charge in [0, 0.05) is 18.4 Å². The van der Waals surface area contributed by atoms with Gasteiger partial charge in [-0.05, 0) is 48.9 Å². The van der Waals surface area contributed by atoms with Gasteiger partial charge in [-0.25, -0.2) is 4.39 Å². The van der Waals surface area contributed by atoms with Gasteiger partial charge in [-0.15, -0.1) is 0 Å². The maximum absolute atomic E-state index is 13.8. The molecule has 0 aromatic heterocycles. The molecule has 4 heteroatoms. The van der Waals surface area contributed by atoms with Crippen LogP contribution < -0.4 is 10.6 Å². The van der Waals surface area contributed by atoms with Crippen molar-refractivity contribution in [2.45, 2.75) is 6.92 Å². The van der Waals surface area contributed by atoms with Crippen LogP contribution in [0.4, 0.5) is 15.8 Å². The first-order valence-electron chi connectivity index (χ1n) is 5.89. The van der Waals surface area contributed by atoms with Gasteiger partial charge in [0.05, 0.1) is 5.56 Å². The van der Waals surface area contributed by atoms with Crippen molar-refractivity contribution in [1.29, 1.82) is 0 Å². The number of carbonyl (C=O) groups excluding carboxylic acids is 1. The van der Waals surface area contributed by atoms with E-state index in [1.54, 1.807) is 44.3 Å². The molecule has 98 valence electrons. The Morgan fingerprint density at radius 1 is 1.16 bits per heavy atom. The van der Waals surface area contributed by atoms with E-state index in [9.17, 15) is 9.18 Å². The summed E-state index contributed by atoms with van der Waals surface area (Å²) in [6, 6.07) is 11.4. The molecule has 2 rings (SSSR count). The van der Waals surface area contributed by atoms with Crippen LogP contribution in [0, 0.1) is 12.7 Å². The Labute approximate surface area is 111 Å². The summed E-state index contributed by atoms with van der Waals surface area (Å²) in [5.41, 5.74) is 7.72. The molecule has 0 atom stereocenters. The van der Waals surface area contributed by atoms with Crippen molar-refractivity contribution in [2.24, 2.45) is 0 Å². The molecule has 3 nitrogen and oxygen atoms in total. The number of rotatable bonds is 2. The smallest absolute Gasteiger partial charge is 0.260 e. The predicted octanol–water partition coefficient (Wildman–Crippen LogP) is 2.99. The molecule has 0 saturated carbocycles. The van der Waals surface area contributed by atoms with Gasteiger partial charge in [0.25, 0.3) is 5.91 Å². The molecular formula is C15H15FN2O. The van der Waals surface area contributed by atoms with Crippen molar-refractivity contribution in [2.75, 3.05) is 17.7 Å². The van der Waals surface area contributed by atoms with Crippen LogP contribution in [0.2, 0.25) is 0 Å². The molecule has 0 fully saturated rings. The molecule has 19 heavy (non-hydrogen) atoms.